The van der Waals surface area contributed by atoms with E-state index in [9.17, 15) is 22.8 Å². The minimum atomic E-state index is -4.72. The summed E-state index contributed by atoms with van der Waals surface area (Å²) >= 11 is 3.26. The molecule has 5 nitrogen and oxygen atoms in total. The Bertz CT molecular complexity index is 769. The molecule has 2 N–H and O–H groups in total. The maximum absolute atomic E-state index is 12.3. The molecule has 0 spiro atoms. The Morgan fingerprint density at radius 1 is 1.35 bits per heavy atom. The maximum Gasteiger partial charge on any atom is 0.391 e. The zero-order valence-electron chi connectivity index (χ0n) is 11.7. The number of alkyl halides is 3. The van der Waals surface area contributed by atoms with Gasteiger partial charge in [-0.3, -0.25) is 4.79 Å². The van der Waals surface area contributed by atoms with E-state index in [-0.39, 0.29) is 5.76 Å². The fraction of sp³-hybridized carbons (Fsp3) is 0.286. The van der Waals surface area contributed by atoms with Crippen LogP contribution in [-0.2, 0) is 4.79 Å². The van der Waals surface area contributed by atoms with Crippen molar-refractivity contribution in [3.8, 4) is 0 Å². The molecule has 0 aliphatic rings. The Hall–Kier alpha value is -2.03. The highest BCUT2D eigenvalue weighted by molar-refractivity contribution is 9.10. The number of carboxylic acids is 1. The number of halogens is 4. The van der Waals surface area contributed by atoms with Crippen molar-refractivity contribution in [2.45, 2.75) is 25.6 Å². The molecule has 1 atom stereocenters. The van der Waals surface area contributed by atoms with Crippen molar-refractivity contribution in [2.75, 3.05) is 0 Å². The second-order valence-corrected chi connectivity index (χ2v) is 5.81. The normalized spacial score (nSPS) is 13.1. The molecular weight excluding hydrogens is 383 g/mol. The molecule has 1 aromatic heterocycles. The Morgan fingerprint density at radius 2 is 2.00 bits per heavy atom. The van der Waals surface area contributed by atoms with Crippen LogP contribution >= 0.6 is 15.9 Å². The highest BCUT2D eigenvalue weighted by Gasteiger charge is 2.36. The van der Waals surface area contributed by atoms with E-state index in [0.29, 0.717) is 15.4 Å². The van der Waals surface area contributed by atoms with Crippen molar-refractivity contribution >= 4 is 38.8 Å². The van der Waals surface area contributed by atoms with Crippen LogP contribution in [0.3, 0.4) is 0 Å². The molecule has 0 saturated carbocycles. The second-order valence-electron chi connectivity index (χ2n) is 4.96. The van der Waals surface area contributed by atoms with Crippen molar-refractivity contribution in [1.29, 1.82) is 0 Å². The molecule has 0 radical (unpaired) electrons. The lowest BCUT2D eigenvalue weighted by Gasteiger charge is -2.15. The van der Waals surface area contributed by atoms with Gasteiger partial charge in [0.05, 0.1) is 10.9 Å². The third-order valence-corrected chi connectivity index (χ3v) is 3.57. The van der Waals surface area contributed by atoms with Crippen LogP contribution in [0.1, 0.15) is 22.5 Å². The van der Waals surface area contributed by atoms with Gasteiger partial charge in [-0.05, 0) is 46.6 Å². The van der Waals surface area contributed by atoms with Gasteiger partial charge in [0.1, 0.15) is 11.6 Å². The van der Waals surface area contributed by atoms with E-state index in [0.717, 1.165) is 5.56 Å². The first kappa shape index (κ1) is 17.3. The molecule has 2 rings (SSSR count). The van der Waals surface area contributed by atoms with Gasteiger partial charge in [0.15, 0.2) is 5.76 Å². The molecule has 2 aromatic rings. The number of aliphatic carboxylic acids is 1. The number of furan rings is 1. The van der Waals surface area contributed by atoms with Crippen LogP contribution in [0.15, 0.2) is 27.1 Å². The number of carbonyl (C=O) groups is 2. The lowest BCUT2D eigenvalue weighted by Crippen LogP contribution is -2.43. The summed E-state index contributed by atoms with van der Waals surface area (Å²) in [5.41, 5.74) is 1.24. The van der Waals surface area contributed by atoms with Crippen LogP contribution in [0.4, 0.5) is 13.2 Å². The van der Waals surface area contributed by atoms with Gasteiger partial charge >= 0.3 is 12.1 Å². The fourth-order valence-electron chi connectivity index (χ4n) is 2.02. The predicted octanol–water partition coefficient (Wildman–Crippen LogP) is 3.64. The Balaban J connectivity index is 2.26. The molecule has 1 amide bonds. The Morgan fingerprint density at radius 3 is 2.57 bits per heavy atom. The summed E-state index contributed by atoms with van der Waals surface area (Å²) in [5.74, 6) is -3.06. The molecule has 1 unspecified atom stereocenters. The largest absolute Gasteiger partial charge is 0.480 e. The number of hydrogen-bond donors (Lipinski definition) is 2. The summed E-state index contributed by atoms with van der Waals surface area (Å²) in [5, 5.41) is 11.2. The van der Waals surface area contributed by atoms with Crippen molar-refractivity contribution in [1.82, 2.24) is 5.32 Å². The van der Waals surface area contributed by atoms with Crippen molar-refractivity contribution in [3.05, 3.63) is 34.0 Å². The van der Waals surface area contributed by atoms with Crippen LogP contribution in [0.5, 0.6) is 0 Å². The molecule has 9 heteroatoms. The van der Waals surface area contributed by atoms with E-state index < -0.39 is 30.5 Å². The molecule has 124 valence electrons. The molecule has 23 heavy (non-hydrogen) atoms. The number of carboxylic acid groups (broad SMARTS) is 1. The summed E-state index contributed by atoms with van der Waals surface area (Å²) in [4.78, 5) is 22.8. The van der Waals surface area contributed by atoms with E-state index in [4.69, 9.17) is 9.52 Å². The van der Waals surface area contributed by atoms with Gasteiger partial charge in [0, 0.05) is 5.39 Å². The number of hydrogen-bond acceptors (Lipinski definition) is 3. The first-order valence-electron chi connectivity index (χ1n) is 6.37. The van der Waals surface area contributed by atoms with Crippen molar-refractivity contribution in [3.63, 3.8) is 0 Å². The fourth-order valence-corrected chi connectivity index (χ4v) is 2.70. The van der Waals surface area contributed by atoms with Gasteiger partial charge in [0.2, 0.25) is 0 Å². The maximum atomic E-state index is 12.3. The topological polar surface area (TPSA) is 79.5 Å². The minimum Gasteiger partial charge on any atom is -0.480 e. The lowest BCUT2D eigenvalue weighted by atomic mass is 10.2. The van der Waals surface area contributed by atoms with Crippen molar-refractivity contribution < 1.29 is 32.3 Å². The molecule has 1 aromatic carbocycles. The average Bonchev–Trinajstić information content (AvgIpc) is 2.80. The molecule has 0 aliphatic heterocycles. The highest BCUT2D eigenvalue weighted by Crippen LogP contribution is 2.29. The molecule has 0 aliphatic carbocycles. The Kier molecular flexibility index (Phi) is 4.69. The Labute approximate surface area is 136 Å². The summed E-state index contributed by atoms with van der Waals surface area (Å²) in [6.45, 7) is 1.82. The quantitative estimate of drug-likeness (QED) is 0.830. The third kappa shape index (κ3) is 4.25. The first-order valence-corrected chi connectivity index (χ1v) is 7.16. The SMILES string of the molecule is Cc1cc(Br)c2oc(C(=O)NC(CC(F)(F)F)C(=O)O)cc2c1. The first-order chi connectivity index (χ1) is 10.6. The molecule has 0 saturated heterocycles. The zero-order chi connectivity index (χ0) is 17.4. The summed E-state index contributed by atoms with van der Waals surface area (Å²) in [6.07, 6.45) is -6.39. The number of aryl methyl sites for hydroxylation is 1. The number of amides is 1. The number of nitrogens with one attached hydrogen (secondary N) is 1. The van der Waals surface area contributed by atoms with Gasteiger partial charge in [0.25, 0.3) is 5.91 Å². The van der Waals surface area contributed by atoms with Gasteiger partial charge in [-0.25, -0.2) is 4.79 Å². The smallest absolute Gasteiger partial charge is 0.391 e. The molecule has 0 fully saturated rings. The van der Waals surface area contributed by atoms with Crippen LogP contribution in [0.25, 0.3) is 11.0 Å². The lowest BCUT2D eigenvalue weighted by molar-refractivity contribution is -0.157. The van der Waals surface area contributed by atoms with E-state index in [1.165, 1.54) is 6.07 Å². The highest BCUT2D eigenvalue weighted by atomic mass is 79.9. The van der Waals surface area contributed by atoms with Gasteiger partial charge in [-0.15, -0.1) is 0 Å². The summed E-state index contributed by atoms with van der Waals surface area (Å²) < 4.78 is 42.9. The minimum absolute atomic E-state index is 0.264. The molecule has 1 heterocycles. The molecular formula is C14H11BrF3NO4. The average molecular weight is 394 g/mol. The monoisotopic (exact) mass is 393 g/mol. The van der Waals surface area contributed by atoms with Gasteiger partial charge in [-0.2, -0.15) is 13.2 Å². The second kappa shape index (κ2) is 6.23. The summed E-state index contributed by atoms with van der Waals surface area (Å²) in [7, 11) is 0. The van der Waals surface area contributed by atoms with Crippen LogP contribution in [0, 0.1) is 6.92 Å². The summed E-state index contributed by atoms with van der Waals surface area (Å²) in [6, 6.07) is 2.73. The van der Waals surface area contributed by atoms with Gasteiger partial charge < -0.3 is 14.8 Å². The number of carbonyl (C=O) groups excluding carboxylic acids is 1. The van der Waals surface area contributed by atoms with E-state index in [1.807, 2.05) is 12.2 Å². The van der Waals surface area contributed by atoms with Crippen molar-refractivity contribution in [2.24, 2.45) is 0 Å². The van der Waals surface area contributed by atoms with E-state index >= 15 is 0 Å². The van der Waals surface area contributed by atoms with Crippen LogP contribution < -0.4 is 5.32 Å². The number of benzene rings is 1. The van der Waals surface area contributed by atoms with Crippen LogP contribution in [-0.4, -0.2) is 29.2 Å². The number of fused-ring (bicyclic) bond motifs is 1. The number of rotatable bonds is 4. The molecule has 0 bridgehead atoms. The van der Waals surface area contributed by atoms with E-state index in [2.05, 4.69) is 15.9 Å². The van der Waals surface area contributed by atoms with E-state index in [1.54, 1.807) is 12.1 Å². The predicted molar refractivity (Wildman–Crippen MR) is 78.2 cm³/mol. The standard InChI is InChI=1S/C14H11BrF3NO4/c1-6-2-7-4-10(23-11(7)8(15)3-6)12(20)19-9(13(21)22)5-14(16,17)18/h2-4,9H,5H2,1H3,(H,19,20)(H,21,22). The van der Waals surface area contributed by atoms with Crippen LogP contribution in [0.2, 0.25) is 0 Å². The zero-order valence-corrected chi connectivity index (χ0v) is 13.3. The van der Waals surface area contributed by atoms with Gasteiger partial charge in [-0.1, -0.05) is 0 Å². The third-order valence-electron chi connectivity index (χ3n) is 2.98.